The van der Waals surface area contributed by atoms with E-state index in [-0.39, 0.29) is 32.0 Å². The van der Waals surface area contributed by atoms with Crippen LogP contribution in [-0.2, 0) is 32.7 Å². The molecule has 0 aliphatic rings. The maximum Gasteiger partial charge on any atom is 0.306 e. The van der Waals surface area contributed by atoms with Crippen molar-refractivity contribution in [1.29, 1.82) is 0 Å². The summed E-state index contributed by atoms with van der Waals surface area (Å²) in [6.45, 7) is 4.09. The number of allylic oxidation sites excluding steroid dienone is 20. The number of unbranched alkanes of at least 4 members (excludes halogenated alkanes) is 18. The van der Waals surface area contributed by atoms with Crippen LogP contribution >= 0.6 is 7.82 Å². The summed E-state index contributed by atoms with van der Waals surface area (Å²) >= 11 is 0. The molecule has 0 saturated heterocycles. The number of phosphoric acid groups is 1. The largest absolute Gasteiger partial charge is 0.756 e. The Bertz CT molecular complexity index is 1660. The number of phosphoric ester groups is 1. The van der Waals surface area contributed by atoms with Crippen LogP contribution in [0.3, 0.4) is 0 Å². The van der Waals surface area contributed by atoms with Crippen LogP contribution in [-0.4, -0.2) is 70.0 Å². The minimum Gasteiger partial charge on any atom is -0.756 e. The lowest BCUT2D eigenvalue weighted by Gasteiger charge is -2.28. The SMILES string of the molecule is CC/C=C\C/C=C\C/C=C\C/C=C\C/C=C\C/C=C\C/C=C\C/C=C\C/C=C\C/C=C\CCCCCCCCCCC(=O)OC(COC(=O)CCCCCCCCCCCCC)COP(=O)([O-])OCC[N+](C)(C)C. The fraction of sp³-hybridized carbons (Fsp3) is 0.656. The summed E-state index contributed by atoms with van der Waals surface area (Å²) in [6.07, 6.45) is 76.9. The summed E-state index contributed by atoms with van der Waals surface area (Å²) in [5, 5.41) is 0. The maximum atomic E-state index is 12.8. The van der Waals surface area contributed by atoms with Crippen molar-refractivity contribution in [1.82, 2.24) is 0 Å². The number of esters is 2. The molecule has 422 valence electrons. The fourth-order valence-electron chi connectivity index (χ4n) is 7.51. The molecule has 2 atom stereocenters. The normalized spacial score (nSPS) is 14.2. The highest BCUT2D eigenvalue weighted by atomic mass is 31.2. The zero-order chi connectivity index (χ0) is 54.2. The monoisotopic (exact) mass is 1050 g/mol. The van der Waals surface area contributed by atoms with Gasteiger partial charge in [-0.3, -0.25) is 14.2 Å². The second kappa shape index (κ2) is 54.2. The second-order valence-corrected chi connectivity index (χ2v) is 21.7. The third-order valence-corrected chi connectivity index (χ3v) is 13.0. The molecule has 9 nitrogen and oxygen atoms in total. The van der Waals surface area contributed by atoms with Gasteiger partial charge in [0.2, 0.25) is 0 Å². The van der Waals surface area contributed by atoms with E-state index in [0.29, 0.717) is 17.4 Å². The summed E-state index contributed by atoms with van der Waals surface area (Å²) in [5.41, 5.74) is 0. The molecular formula is C64H108NO8P. The lowest BCUT2D eigenvalue weighted by molar-refractivity contribution is -0.870. The summed E-state index contributed by atoms with van der Waals surface area (Å²) in [7, 11) is 1.15. The van der Waals surface area contributed by atoms with Crippen LogP contribution < -0.4 is 4.89 Å². The Kier molecular flexibility index (Phi) is 51.6. The molecule has 0 fully saturated rings. The average Bonchev–Trinajstić information content (AvgIpc) is 3.36. The van der Waals surface area contributed by atoms with E-state index in [9.17, 15) is 19.0 Å². The van der Waals surface area contributed by atoms with E-state index in [1.807, 2.05) is 21.1 Å². The minimum atomic E-state index is -4.64. The van der Waals surface area contributed by atoms with Gasteiger partial charge in [0.05, 0.1) is 27.7 Å². The van der Waals surface area contributed by atoms with E-state index in [4.69, 9.17) is 18.5 Å². The van der Waals surface area contributed by atoms with Crippen LogP contribution in [0.1, 0.15) is 219 Å². The van der Waals surface area contributed by atoms with Crippen LogP contribution in [0.2, 0.25) is 0 Å². The third-order valence-electron chi connectivity index (χ3n) is 12.0. The summed E-state index contributed by atoms with van der Waals surface area (Å²) < 4.78 is 34.0. The molecule has 0 aromatic carbocycles. The van der Waals surface area contributed by atoms with Crippen molar-refractivity contribution in [2.45, 2.75) is 225 Å². The molecule has 0 spiro atoms. The first-order valence-corrected chi connectivity index (χ1v) is 30.7. The molecule has 0 rings (SSSR count). The Balaban J connectivity index is 4.09. The first kappa shape index (κ1) is 70.4. The van der Waals surface area contributed by atoms with Crippen molar-refractivity contribution in [2.24, 2.45) is 0 Å². The molecule has 2 unspecified atom stereocenters. The van der Waals surface area contributed by atoms with Gasteiger partial charge in [-0.25, -0.2) is 0 Å². The summed E-state index contributed by atoms with van der Waals surface area (Å²) in [5.74, 6) is -0.849. The number of likely N-dealkylation sites (N-methyl/N-ethyl adjacent to an activating group) is 1. The van der Waals surface area contributed by atoms with Gasteiger partial charge in [0, 0.05) is 12.8 Å². The van der Waals surface area contributed by atoms with E-state index in [1.165, 1.54) is 77.0 Å². The Hall–Kier alpha value is -3.59. The van der Waals surface area contributed by atoms with Gasteiger partial charge in [-0.1, -0.05) is 238 Å². The van der Waals surface area contributed by atoms with Crippen molar-refractivity contribution in [3.63, 3.8) is 0 Å². The summed E-state index contributed by atoms with van der Waals surface area (Å²) in [6, 6.07) is 0. The van der Waals surface area contributed by atoms with Crippen LogP contribution in [0.4, 0.5) is 0 Å². The number of hydrogen-bond acceptors (Lipinski definition) is 8. The van der Waals surface area contributed by atoms with Gasteiger partial charge in [-0.2, -0.15) is 0 Å². The molecular weight excluding hydrogens is 942 g/mol. The lowest BCUT2D eigenvalue weighted by atomic mass is 10.1. The van der Waals surface area contributed by atoms with Crippen LogP contribution in [0.15, 0.2) is 122 Å². The van der Waals surface area contributed by atoms with Gasteiger partial charge >= 0.3 is 11.9 Å². The Labute approximate surface area is 454 Å². The van der Waals surface area contributed by atoms with Crippen molar-refractivity contribution in [2.75, 3.05) is 47.5 Å². The van der Waals surface area contributed by atoms with Crippen molar-refractivity contribution >= 4 is 19.8 Å². The second-order valence-electron chi connectivity index (χ2n) is 20.3. The molecule has 74 heavy (non-hydrogen) atoms. The summed E-state index contributed by atoms with van der Waals surface area (Å²) in [4.78, 5) is 37.7. The number of rotatable bonds is 52. The van der Waals surface area contributed by atoms with E-state index >= 15 is 0 Å². The highest BCUT2D eigenvalue weighted by molar-refractivity contribution is 7.45. The average molecular weight is 1050 g/mol. The zero-order valence-corrected chi connectivity index (χ0v) is 48.6. The first-order chi connectivity index (χ1) is 36.0. The molecule has 10 heteroatoms. The van der Waals surface area contributed by atoms with E-state index in [2.05, 4.69) is 135 Å². The van der Waals surface area contributed by atoms with Crippen LogP contribution in [0.5, 0.6) is 0 Å². The molecule has 0 amide bonds. The minimum absolute atomic E-state index is 0.0369. The van der Waals surface area contributed by atoms with Gasteiger partial charge in [0.25, 0.3) is 7.82 Å². The zero-order valence-electron chi connectivity index (χ0n) is 47.7. The van der Waals surface area contributed by atoms with Crippen molar-refractivity contribution < 1.29 is 42.1 Å². The molecule has 0 aliphatic carbocycles. The first-order valence-electron chi connectivity index (χ1n) is 29.2. The molecule has 0 aromatic heterocycles. The van der Waals surface area contributed by atoms with Crippen molar-refractivity contribution in [3.05, 3.63) is 122 Å². The molecule has 0 aromatic rings. The maximum absolute atomic E-state index is 12.8. The van der Waals surface area contributed by atoms with Gasteiger partial charge in [0.15, 0.2) is 6.10 Å². The number of ether oxygens (including phenoxy) is 2. The molecule has 0 N–H and O–H groups in total. The molecule has 0 aliphatic heterocycles. The topological polar surface area (TPSA) is 111 Å². The highest BCUT2D eigenvalue weighted by Crippen LogP contribution is 2.38. The smallest absolute Gasteiger partial charge is 0.306 e. The van der Waals surface area contributed by atoms with Gasteiger partial charge in [-0.15, -0.1) is 0 Å². The Morgan fingerprint density at radius 3 is 1.15 bits per heavy atom. The Morgan fingerprint density at radius 1 is 0.432 bits per heavy atom. The molecule has 0 heterocycles. The van der Waals surface area contributed by atoms with Gasteiger partial charge < -0.3 is 27.9 Å². The van der Waals surface area contributed by atoms with E-state index < -0.39 is 26.5 Å². The van der Waals surface area contributed by atoms with Crippen LogP contribution in [0, 0.1) is 0 Å². The van der Waals surface area contributed by atoms with E-state index in [0.717, 1.165) is 109 Å². The molecule has 0 bridgehead atoms. The van der Waals surface area contributed by atoms with Crippen LogP contribution in [0.25, 0.3) is 0 Å². The van der Waals surface area contributed by atoms with Gasteiger partial charge in [0.1, 0.15) is 19.8 Å². The lowest BCUT2D eigenvalue weighted by Crippen LogP contribution is -2.37. The molecule has 0 radical (unpaired) electrons. The van der Waals surface area contributed by atoms with E-state index in [1.54, 1.807) is 0 Å². The van der Waals surface area contributed by atoms with Crippen molar-refractivity contribution in [3.8, 4) is 0 Å². The highest BCUT2D eigenvalue weighted by Gasteiger charge is 2.21. The standard InChI is InChI=1S/C64H108NO8P/c1-6-8-10-12-14-16-18-19-20-21-22-23-24-25-26-27-28-29-30-31-32-33-34-35-36-37-38-39-40-41-42-43-44-45-47-49-51-53-55-57-64(67)73-62(61-72-74(68,69)71-59-58-65(3,4)5)60-70-63(66)56-54-52-50-48-46-17-15-13-11-9-7-2/h8,10,14,16,19-20,22-23,25-26,28-29,31-32,34-35,37-38,40-41,62H,6-7,9,11-13,15,17-18,21,24,27,30,33,36,39,42-61H2,1-5H3/b10-8-,16-14-,20-19-,23-22-,26-25-,29-28-,32-31-,35-34-,38-37-,41-40-. The third kappa shape index (κ3) is 57.7. The predicted molar refractivity (Wildman–Crippen MR) is 314 cm³/mol. The number of hydrogen-bond donors (Lipinski definition) is 0. The predicted octanol–water partition coefficient (Wildman–Crippen LogP) is 17.7. The Morgan fingerprint density at radius 2 is 0.770 bits per heavy atom. The van der Waals surface area contributed by atoms with Gasteiger partial charge in [-0.05, 0) is 89.9 Å². The number of carbonyl (C=O) groups is 2. The number of quaternary nitrogens is 1. The number of carbonyl (C=O) groups excluding carboxylic acids is 2. The molecule has 0 saturated carbocycles. The quantitative estimate of drug-likeness (QED) is 0.0195. The fourth-order valence-corrected chi connectivity index (χ4v) is 8.24. The number of nitrogens with zero attached hydrogens (tertiary/aromatic N) is 1.